The molecule has 7 nitrogen and oxygen atoms in total. The van der Waals surface area contributed by atoms with E-state index in [0.29, 0.717) is 18.0 Å². The third-order valence-corrected chi connectivity index (χ3v) is 7.35. The van der Waals surface area contributed by atoms with Gasteiger partial charge in [-0.1, -0.05) is 41.9 Å². The van der Waals surface area contributed by atoms with Crippen molar-refractivity contribution in [3.63, 3.8) is 0 Å². The second-order valence-corrected chi connectivity index (χ2v) is 9.64. The van der Waals surface area contributed by atoms with Crippen molar-refractivity contribution in [3.8, 4) is 0 Å². The molecule has 3 aromatic rings. The summed E-state index contributed by atoms with van der Waals surface area (Å²) in [5, 5.41) is 15.3. The molecule has 3 aromatic carbocycles. The Hall–Kier alpha value is -3.58. The molecule has 1 saturated heterocycles. The van der Waals surface area contributed by atoms with Gasteiger partial charge < -0.3 is 15.1 Å². The van der Waals surface area contributed by atoms with Gasteiger partial charge in [-0.3, -0.25) is 14.9 Å². The highest BCUT2D eigenvalue weighted by Crippen LogP contribution is 2.39. The molecule has 0 spiro atoms. The van der Waals surface area contributed by atoms with E-state index in [2.05, 4.69) is 15.1 Å². The molecular weight excluding hydrogens is 464 g/mol. The van der Waals surface area contributed by atoms with Crippen LogP contribution in [-0.2, 0) is 11.2 Å². The lowest BCUT2D eigenvalue weighted by molar-refractivity contribution is -0.384. The molecule has 0 aliphatic carbocycles. The topological polar surface area (TPSA) is 78.7 Å². The Morgan fingerprint density at radius 1 is 1.09 bits per heavy atom. The summed E-state index contributed by atoms with van der Waals surface area (Å²) in [7, 11) is 0. The van der Waals surface area contributed by atoms with Crippen molar-refractivity contribution in [2.45, 2.75) is 25.4 Å². The number of anilines is 2. The molecule has 180 valence electrons. The molecule has 8 heteroatoms. The summed E-state index contributed by atoms with van der Waals surface area (Å²) < 4.78 is 0. The molecule has 0 radical (unpaired) electrons. The molecule has 3 atom stereocenters. The molecule has 0 saturated carbocycles. The smallest absolute Gasteiger partial charge is 0.269 e. The van der Waals surface area contributed by atoms with E-state index in [9.17, 15) is 14.9 Å². The summed E-state index contributed by atoms with van der Waals surface area (Å²) in [6.07, 6.45) is 0.458. The number of carbonyl (C=O) groups is 1. The summed E-state index contributed by atoms with van der Waals surface area (Å²) in [5.74, 6) is -0.378. The maximum Gasteiger partial charge on any atom is 0.269 e. The lowest BCUT2D eigenvalue weighted by Gasteiger charge is -2.49. The summed E-state index contributed by atoms with van der Waals surface area (Å²) in [4.78, 5) is 29.2. The summed E-state index contributed by atoms with van der Waals surface area (Å²) >= 11 is 6.09. The number of benzene rings is 3. The van der Waals surface area contributed by atoms with Crippen LogP contribution in [0.3, 0.4) is 0 Å². The monoisotopic (exact) mass is 490 g/mol. The lowest BCUT2D eigenvalue weighted by Crippen LogP contribution is -2.61. The van der Waals surface area contributed by atoms with Crippen molar-refractivity contribution >= 4 is 34.6 Å². The minimum absolute atomic E-state index is 0.0357. The van der Waals surface area contributed by atoms with E-state index >= 15 is 0 Å². The zero-order valence-electron chi connectivity index (χ0n) is 19.4. The number of nitro benzene ring substituents is 1. The predicted octanol–water partition coefficient (Wildman–Crippen LogP) is 4.99. The van der Waals surface area contributed by atoms with E-state index in [1.807, 2.05) is 67.6 Å². The van der Waals surface area contributed by atoms with E-state index in [-0.39, 0.29) is 34.5 Å². The number of carbonyl (C=O) groups excluding carboxylic acids is 1. The number of hydrogen-bond donors (Lipinski definition) is 1. The fraction of sp³-hybridized carbons (Fsp3) is 0.296. The minimum atomic E-state index is -0.378. The van der Waals surface area contributed by atoms with Crippen LogP contribution in [0, 0.1) is 16.0 Å². The number of hydrogen-bond acceptors (Lipinski definition) is 5. The fourth-order valence-corrected chi connectivity index (χ4v) is 5.38. The van der Waals surface area contributed by atoms with Crippen LogP contribution in [0.4, 0.5) is 17.1 Å². The first-order valence-corrected chi connectivity index (χ1v) is 12.2. The van der Waals surface area contributed by atoms with E-state index in [0.717, 1.165) is 35.6 Å². The number of amides is 1. The van der Waals surface area contributed by atoms with Gasteiger partial charge in [0.05, 0.1) is 22.9 Å². The third kappa shape index (κ3) is 4.68. The molecule has 0 unspecified atom stereocenters. The fourth-order valence-electron chi connectivity index (χ4n) is 5.25. The number of nitro groups is 1. The van der Waals surface area contributed by atoms with Gasteiger partial charge in [0.15, 0.2) is 0 Å². The van der Waals surface area contributed by atoms with Gasteiger partial charge in [0.25, 0.3) is 5.69 Å². The predicted molar refractivity (Wildman–Crippen MR) is 138 cm³/mol. The number of rotatable bonds is 5. The molecule has 0 bridgehead atoms. The molecule has 35 heavy (non-hydrogen) atoms. The number of nitrogens with one attached hydrogen (secondary N) is 1. The second kappa shape index (κ2) is 9.58. The summed E-state index contributed by atoms with van der Waals surface area (Å²) in [6, 6.07) is 22.5. The van der Waals surface area contributed by atoms with E-state index in [1.54, 1.807) is 12.1 Å². The molecular formula is C27H27ClN4O3. The average Bonchev–Trinajstić information content (AvgIpc) is 2.88. The van der Waals surface area contributed by atoms with Crippen LogP contribution < -0.4 is 15.1 Å². The van der Waals surface area contributed by atoms with Gasteiger partial charge in [-0.2, -0.15) is 0 Å². The standard InChI is InChI=1S/C27H27ClN4O3/c1-18(19-5-3-2-4-6-19)29-27(33)24-16-20-15-23(32(34)35)11-12-25(20)31-14-13-30(17-26(24)31)22-9-7-21(28)8-10-22/h2-12,15,18,24,26H,13-14,16-17H2,1H3,(H,29,33)/t18-,24+,26-/m0/s1. The first kappa shape index (κ1) is 23.2. The van der Waals surface area contributed by atoms with Gasteiger partial charge >= 0.3 is 0 Å². The normalized spacial score (nSPS) is 19.9. The van der Waals surface area contributed by atoms with Gasteiger partial charge in [-0.15, -0.1) is 0 Å². The molecule has 2 heterocycles. The first-order valence-electron chi connectivity index (χ1n) is 11.8. The Labute approximate surface area is 209 Å². The molecule has 2 aliphatic heterocycles. The number of halogens is 1. The number of non-ortho nitro benzene ring substituents is 1. The quantitative estimate of drug-likeness (QED) is 0.402. The zero-order valence-corrected chi connectivity index (χ0v) is 20.2. The maximum atomic E-state index is 13.6. The zero-order chi connectivity index (χ0) is 24.5. The highest BCUT2D eigenvalue weighted by atomic mass is 35.5. The van der Waals surface area contributed by atoms with Crippen molar-refractivity contribution in [1.29, 1.82) is 0 Å². The van der Waals surface area contributed by atoms with Crippen molar-refractivity contribution in [1.82, 2.24) is 5.32 Å². The van der Waals surface area contributed by atoms with Crippen LogP contribution in [-0.4, -0.2) is 36.5 Å². The van der Waals surface area contributed by atoms with Crippen molar-refractivity contribution in [2.24, 2.45) is 5.92 Å². The molecule has 1 N–H and O–H groups in total. The summed E-state index contributed by atoms with van der Waals surface area (Å²) in [5.41, 5.74) is 3.99. The van der Waals surface area contributed by atoms with E-state index in [4.69, 9.17) is 11.6 Å². The van der Waals surface area contributed by atoms with Crippen molar-refractivity contribution in [3.05, 3.63) is 99.1 Å². The van der Waals surface area contributed by atoms with Crippen LogP contribution in [0.5, 0.6) is 0 Å². The maximum absolute atomic E-state index is 13.6. The van der Waals surface area contributed by atoms with Crippen LogP contribution in [0.15, 0.2) is 72.8 Å². The Kier molecular flexibility index (Phi) is 6.34. The van der Waals surface area contributed by atoms with Gasteiger partial charge in [-0.25, -0.2) is 0 Å². The van der Waals surface area contributed by atoms with Crippen LogP contribution in [0.25, 0.3) is 0 Å². The van der Waals surface area contributed by atoms with Gasteiger partial charge in [-0.05, 0) is 54.8 Å². The Bertz CT molecular complexity index is 1230. The van der Waals surface area contributed by atoms with E-state index in [1.165, 1.54) is 0 Å². The molecule has 5 rings (SSSR count). The first-order chi connectivity index (χ1) is 16.9. The molecule has 0 aromatic heterocycles. The molecule has 1 fully saturated rings. The Morgan fingerprint density at radius 3 is 2.54 bits per heavy atom. The SMILES string of the molecule is C[C@H](NC(=O)[C@@H]1Cc2cc([N+](=O)[O-])ccc2N2CCN(c3ccc(Cl)cc3)C[C@@H]12)c1ccccc1. The van der Waals surface area contributed by atoms with Gasteiger partial charge in [0.1, 0.15) is 0 Å². The third-order valence-electron chi connectivity index (χ3n) is 7.09. The number of piperazine rings is 1. The lowest BCUT2D eigenvalue weighted by atomic mass is 9.82. The largest absolute Gasteiger partial charge is 0.368 e. The van der Waals surface area contributed by atoms with Crippen LogP contribution >= 0.6 is 11.6 Å². The number of fused-ring (bicyclic) bond motifs is 3. The Morgan fingerprint density at radius 2 is 1.83 bits per heavy atom. The van der Waals surface area contributed by atoms with E-state index < -0.39 is 0 Å². The number of nitrogens with zero attached hydrogens (tertiary/aromatic N) is 3. The van der Waals surface area contributed by atoms with Crippen LogP contribution in [0.2, 0.25) is 5.02 Å². The minimum Gasteiger partial charge on any atom is -0.368 e. The second-order valence-electron chi connectivity index (χ2n) is 9.20. The average molecular weight is 491 g/mol. The Balaban J connectivity index is 1.45. The van der Waals surface area contributed by atoms with Crippen LogP contribution in [0.1, 0.15) is 24.1 Å². The molecule has 2 aliphatic rings. The highest BCUT2D eigenvalue weighted by molar-refractivity contribution is 6.30. The van der Waals surface area contributed by atoms with Gasteiger partial charge in [0.2, 0.25) is 5.91 Å². The highest BCUT2D eigenvalue weighted by Gasteiger charge is 2.42. The summed E-state index contributed by atoms with van der Waals surface area (Å²) in [6.45, 7) is 4.16. The van der Waals surface area contributed by atoms with Crippen molar-refractivity contribution in [2.75, 3.05) is 29.4 Å². The molecule has 1 amide bonds. The van der Waals surface area contributed by atoms with Crippen molar-refractivity contribution < 1.29 is 9.72 Å². The van der Waals surface area contributed by atoms with Gasteiger partial charge in [0, 0.05) is 48.2 Å².